The second kappa shape index (κ2) is 8.80. The van der Waals surface area contributed by atoms with Gasteiger partial charge in [-0.3, -0.25) is 9.36 Å². The Hall–Kier alpha value is -1.99. The monoisotopic (exact) mass is 397 g/mol. The van der Waals surface area contributed by atoms with Crippen molar-refractivity contribution in [2.24, 2.45) is 5.16 Å². The number of carbonyl (C=O) groups is 1. The highest BCUT2D eigenvalue weighted by molar-refractivity contribution is 7.56. The summed E-state index contributed by atoms with van der Waals surface area (Å²) < 4.78 is 29.3. The summed E-state index contributed by atoms with van der Waals surface area (Å²) >= 11 is 0. The first-order valence-corrected chi connectivity index (χ1v) is 10.3. The maximum atomic E-state index is 13.5. The van der Waals surface area contributed by atoms with E-state index in [2.05, 4.69) is 5.16 Å². The molecule has 0 spiro atoms. The van der Waals surface area contributed by atoms with Gasteiger partial charge in [0.1, 0.15) is 5.71 Å². The van der Waals surface area contributed by atoms with Gasteiger partial charge in [-0.2, -0.15) is 0 Å². The quantitative estimate of drug-likeness (QED) is 0.300. The number of aliphatic hydroxyl groups is 1. The molecule has 1 aromatic carbocycles. The minimum atomic E-state index is -4.21. The number of hydrogen-bond acceptors (Lipinski definition) is 8. The Labute approximate surface area is 158 Å². The Balaban J connectivity index is 2.77. The van der Waals surface area contributed by atoms with Gasteiger partial charge in [0.2, 0.25) is 0 Å². The third kappa shape index (κ3) is 3.84. The maximum Gasteiger partial charge on any atom is 0.348 e. The van der Waals surface area contributed by atoms with Crippen molar-refractivity contribution < 1.29 is 33.5 Å². The van der Waals surface area contributed by atoms with Crippen molar-refractivity contribution in [2.45, 2.75) is 32.0 Å². The Kier molecular flexibility index (Phi) is 6.95. The molecule has 0 saturated carbocycles. The van der Waals surface area contributed by atoms with Crippen LogP contribution in [0.1, 0.15) is 31.9 Å². The van der Waals surface area contributed by atoms with E-state index in [-0.39, 0.29) is 31.1 Å². The highest BCUT2D eigenvalue weighted by atomic mass is 31.2. The summed E-state index contributed by atoms with van der Waals surface area (Å²) in [7, 11) is -4.21. The Morgan fingerprint density at radius 1 is 1.15 bits per heavy atom. The van der Waals surface area contributed by atoms with Crippen molar-refractivity contribution in [2.75, 3.05) is 19.8 Å². The molecule has 0 amide bonds. The van der Waals surface area contributed by atoms with Crippen molar-refractivity contribution >= 4 is 25.4 Å². The lowest BCUT2D eigenvalue weighted by Crippen LogP contribution is -2.52. The smallest absolute Gasteiger partial charge is 0.348 e. The number of rotatable bonds is 8. The van der Waals surface area contributed by atoms with Gasteiger partial charge in [0.15, 0.2) is 11.3 Å². The molecule has 27 heavy (non-hydrogen) atoms. The third-order valence-corrected chi connectivity index (χ3v) is 6.58. The van der Waals surface area contributed by atoms with Crippen LogP contribution in [0.5, 0.6) is 0 Å². The molecule has 1 aliphatic rings. The number of benzene rings is 1. The highest BCUT2D eigenvalue weighted by Crippen LogP contribution is 2.60. The Bertz CT molecular complexity index is 782. The van der Waals surface area contributed by atoms with Crippen LogP contribution in [-0.2, 0) is 28.7 Å². The average Bonchev–Trinajstić information content (AvgIpc) is 2.63. The van der Waals surface area contributed by atoms with Gasteiger partial charge in [-0.1, -0.05) is 35.5 Å². The fourth-order valence-electron chi connectivity index (χ4n) is 3.12. The zero-order valence-electron chi connectivity index (χ0n) is 15.5. The second-order valence-corrected chi connectivity index (χ2v) is 7.81. The summed E-state index contributed by atoms with van der Waals surface area (Å²) in [5, 5.41) is 24.3. The Morgan fingerprint density at radius 2 is 1.78 bits per heavy atom. The first-order chi connectivity index (χ1) is 12.9. The van der Waals surface area contributed by atoms with Gasteiger partial charge in [0, 0.05) is 0 Å². The predicted molar refractivity (Wildman–Crippen MR) is 99.9 cm³/mol. The second-order valence-electron chi connectivity index (χ2n) is 5.70. The number of ether oxygens (including phenoxy) is 1. The molecule has 1 aliphatic carbocycles. The molecule has 2 rings (SSSR count). The van der Waals surface area contributed by atoms with Crippen LogP contribution < -0.4 is 0 Å². The molecular formula is C18H24NO7P. The Morgan fingerprint density at radius 3 is 2.33 bits per heavy atom. The number of oxime groups is 1. The minimum Gasteiger partial charge on any atom is -0.465 e. The van der Waals surface area contributed by atoms with Gasteiger partial charge in [0.05, 0.1) is 19.8 Å². The van der Waals surface area contributed by atoms with E-state index >= 15 is 0 Å². The minimum absolute atomic E-state index is 0.00719. The van der Waals surface area contributed by atoms with Crippen LogP contribution in [0.25, 0.3) is 6.08 Å². The molecule has 148 valence electrons. The van der Waals surface area contributed by atoms with E-state index in [0.29, 0.717) is 5.56 Å². The topological polar surface area (TPSA) is 115 Å². The largest absolute Gasteiger partial charge is 0.465 e. The van der Waals surface area contributed by atoms with Crippen molar-refractivity contribution in [3.8, 4) is 0 Å². The SMILES string of the molecule is CCOC(=O)C(C1(O)/C(=N/O)C=Cc2ccccc21)P(=O)(OCC)OCC. The number of carbonyl (C=O) groups excluding carboxylic acids is 1. The molecule has 0 aliphatic heterocycles. The summed E-state index contributed by atoms with van der Waals surface area (Å²) in [6.07, 6.45) is 2.96. The van der Waals surface area contributed by atoms with E-state index in [0.717, 1.165) is 0 Å². The average molecular weight is 397 g/mol. The summed E-state index contributed by atoms with van der Waals surface area (Å²) in [5.74, 6) is -0.975. The number of fused-ring (bicyclic) bond motifs is 1. The molecule has 0 radical (unpaired) electrons. The fourth-order valence-corrected chi connectivity index (χ4v) is 5.27. The summed E-state index contributed by atoms with van der Waals surface area (Å²) in [4.78, 5) is 12.8. The maximum absolute atomic E-state index is 13.5. The zero-order valence-corrected chi connectivity index (χ0v) is 16.4. The zero-order chi connectivity index (χ0) is 20.1. The normalized spacial score (nSPS) is 21.7. The van der Waals surface area contributed by atoms with E-state index in [9.17, 15) is 19.7 Å². The number of nitrogens with zero attached hydrogens (tertiary/aromatic N) is 1. The van der Waals surface area contributed by atoms with Gasteiger partial charge in [-0.05, 0) is 38.0 Å². The molecule has 0 saturated heterocycles. The first-order valence-electron chi connectivity index (χ1n) is 8.66. The summed E-state index contributed by atoms with van der Waals surface area (Å²) in [6, 6.07) is 6.65. The molecule has 9 heteroatoms. The van der Waals surface area contributed by atoms with E-state index in [1.54, 1.807) is 51.1 Å². The molecule has 2 unspecified atom stereocenters. The van der Waals surface area contributed by atoms with Crippen molar-refractivity contribution in [1.29, 1.82) is 0 Å². The van der Waals surface area contributed by atoms with Gasteiger partial charge >= 0.3 is 13.6 Å². The summed E-state index contributed by atoms with van der Waals surface area (Å²) in [6.45, 7) is 4.72. The number of esters is 1. The van der Waals surface area contributed by atoms with Crippen LogP contribution in [0, 0.1) is 0 Å². The van der Waals surface area contributed by atoms with Crippen molar-refractivity contribution in [1.82, 2.24) is 0 Å². The highest BCUT2D eigenvalue weighted by Gasteiger charge is 2.60. The van der Waals surface area contributed by atoms with Crippen LogP contribution in [0.2, 0.25) is 0 Å². The predicted octanol–water partition coefficient (Wildman–Crippen LogP) is 2.93. The van der Waals surface area contributed by atoms with Crippen LogP contribution >= 0.6 is 7.60 Å². The standard InChI is InChI=1S/C18H24NO7P/c1-4-24-17(20)16(27(23,25-5-2)26-6-3)18(21)14-10-8-7-9-13(14)11-12-15(18)19-22/h7-12,16,21-22H,4-6H2,1-3H3/b19-15+. The van der Waals surface area contributed by atoms with E-state index < -0.39 is 24.8 Å². The first kappa shape index (κ1) is 21.3. The molecule has 2 N–H and O–H groups in total. The van der Waals surface area contributed by atoms with Crippen LogP contribution in [0.3, 0.4) is 0 Å². The van der Waals surface area contributed by atoms with E-state index in [1.165, 1.54) is 6.08 Å². The molecular weight excluding hydrogens is 373 g/mol. The van der Waals surface area contributed by atoms with Crippen molar-refractivity contribution in [3.05, 3.63) is 41.5 Å². The molecule has 0 aromatic heterocycles. The summed E-state index contributed by atoms with van der Waals surface area (Å²) in [5.41, 5.74) is -3.51. The van der Waals surface area contributed by atoms with E-state index in [1.807, 2.05) is 0 Å². The lowest BCUT2D eigenvalue weighted by Gasteiger charge is -2.39. The molecule has 8 nitrogen and oxygen atoms in total. The van der Waals surface area contributed by atoms with Crippen molar-refractivity contribution in [3.63, 3.8) is 0 Å². The van der Waals surface area contributed by atoms with Gasteiger partial charge in [-0.25, -0.2) is 0 Å². The van der Waals surface area contributed by atoms with Gasteiger partial charge < -0.3 is 24.1 Å². The van der Waals surface area contributed by atoms with Crippen LogP contribution in [0.4, 0.5) is 0 Å². The molecule has 0 fully saturated rings. The van der Waals surface area contributed by atoms with Gasteiger partial charge in [0.25, 0.3) is 0 Å². The van der Waals surface area contributed by atoms with Gasteiger partial charge in [-0.15, -0.1) is 0 Å². The molecule has 1 aromatic rings. The fraction of sp³-hybridized carbons (Fsp3) is 0.444. The molecule has 2 atom stereocenters. The molecule has 0 bridgehead atoms. The third-order valence-electron chi connectivity index (χ3n) is 4.13. The lowest BCUT2D eigenvalue weighted by atomic mass is 9.79. The van der Waals surface area contributed by atoms with Crippen LogP contribution in [0.15, 0.2) is 35.5 Å². The number of hydrogen-bond donors (Lipinski definition) is 2. The van der Waals surface area contributed by atoms with E-state index in [4.69, 9.17) is 13.8 Å². The molecule has 0 heterocycles. The lowest BCUT2D eigenvalue weighted by molar-refractivity contribution is -0.147. The van der Waals surface area contributed by atoms with Crippen LogP contribution in [-0.4, -0.2) is 47.5 Å².